The molecular weight excluding hydrogens is 298 g/mol. The molecule has 2 heterocycles. The van der Waals surface area contributed by atoms with Crippen LogP contribution in [0.3, 0.4) is 0 Å². The van der Waals surface area contributed by atoms with E-state index in [0.717, 1.165) is 22.4 Å². The normalized spacial score (nSPS) is 22.2. The summed E-state index contributed by atoms with van der Waals surface area (Å²) in [5.74, 6) is 0.613. The Kier molecular flexibility index (Phi) is 3.94. The fraction of sp³-hybridized carbons (Fsp3) is 0.667. The van der Waals surface area contributed by atoms with E-state index in [1.54, 1.807) is 0 Å². The van der Waals surface area contributed by atoms with Crippen molar-refractivity contribution in [2.24, 2.45) is 5.92 Å². The van der Waals surface area contributed by atoms with Gasteiger partial charge in [-0.25, -0.2) is 4.68 Å². The lowest BCUT2D eigenvalue weighted by Crippen LogP contribution is -2.37. The molecule has 0 bridgehead atoms. The van der Waals surface area contributed by atoms with Crippen molar-refractivity contribution in [2.45, 2.75) is 33.2 Å². The quantitative estimate of drug-likeness (QED) is 0.870. The maximum absolute atomic E-state index is 11.9. The van der Waals surface area contributed by atoms with Gasteiger partial charge in [0, 0.05) is 6.54 Å². The number of anilines is 1. The highest BCUT2D eigenvalue weighted by molar-refractivity contribution is 9.10. The van der Waals surface area contributed by atoms with Crippen LogP contribution in [0, 0.1) is 5.92 Å². The predicted octanol–water partition coefficient (Wildman–Crippen LogP) is 2.37. The molecule has 0 amide bonds. The minimum Gasteiger partial charge on any atom is -0.466 e. The fourth-order valence-electron chi connectivity index (χ4n) is 2.22. The minimum atomic E-state index is -0.186. The SMILES string of the molecule is CCOC(=O)C1CNc2c(Br)c(CC)nn2C1C. The van der Waals surface area contributed by atoms with Crippen LogP contribution in [0.5, 0.6) is 0 Å². The second kappa shape index (κ2) is 5.30. The zero-order chi connectivity index (χ0) is 13.3. The van der Waals surface area contributed by atoms with Crippen LogP contribution < -0.4 is 5.32 Å². The van der Waals surface area contributed by atoms with Gasteiger partial charge in [0.05, 0.1) is 28.7 Å². The van der Waals surface area contributed by atoms with E-state index in [1.807, 2.05) is 18.5 Å². The number of aryl methyl sites for hydroxylation is 1. The number of nitrogens with zero attached hydrogens (tertiary/aromatic N) is 2. The van der Waals surface area contributed by atoms with Crippen LogP contribution in [-0.2, 0) is 16.0 Å². The van der Waals surface area contributed by atoms with Crippen molar-refractivity contribution in [3.05, 3.63) is 10.2 Å². The second-order valence-electron chi connectivity index (χ2n) is 4.39. The van der Waals surface area contributed by atoms with Crippen molar-refractivity contribution < 1.29 is 9.53 Å². The molecule has 5 nitrogen and oxygen atoms in total. The van der Waals surface area contributed by atoms with Gasteiger partial charge in [-0.05, 0) is 36.2 Å². The van der Waals surface area contributed by atoms with Crippen molar-refractivity contribution in [1.29, 1.82) is 0 Å². The molecule has 1 aliphatic rings. The van der Waals surface area contributed by atoms with E-state index in [1.165, 1.54) is 0 Å². The Bertz CT molecular complexity index is 458. The first-order valence-electron chi connectivity index (χ1n) is 6.27. The van der Waals surface area contributed by atoms with Crippen molar-refractivity contribution in [2.75, 3.05) is 18.5 Å². The summed E-state index contributed by atoms with van der Waals surface area (Å²) in [4.78, 5) is 11.9. The molecule has 18 heavy (non-hydrogen) atoms. The molecule has 1 N–H and O–H groups in total. The molecular formula is C12H18BrN3O2. The molecule has 2 rings (SSSR count). The van der Waals surface area contributed by atoms with Gasteiger partial charge in [0.1, 0.15) is 5.82 Å². The van der Waals surface area contributed by atoms with Crippen LogP contribution >= 0.6 is 15.9 Å². The summed E-state index contributed by atoms with van der Waals surface area (Å²) in [5, 5.41) is 7.80. The smallest absolute Gasteiger partial charge is 0.312 e. The summed E-state index contributed by atoms with van der Waals surface area (Å²) in [5.41, 5.74) is 1.01. The maximum Gasteiger partial charge on any atom is 0.312 e. The highest BCUT2D eigenvalue weighted by Gasteiger charge is 2.34. The largest absolute Gasteiger partial charge is 0.466 e. The Balaban J connectivity index is 2.28. The molecule has 0 radical (unpaired) electrons. The van der Waals surface area contributed by atoms with Crippen molar-refractivity contribution >= 4 is 27.7 Å². The summed E-state index contributed by atoms with van der Waals surface area (Å²) in [6, 6.07) is 0.0110. The summed E-state index contributed by atoms with van der Waals surface area (Å²) < 4.78 is 7.98. The Morgan fingerprint density at radius 3 is 2.94 bits per heavy atom. The van der Waals surface area contributed by atoms with E-state index in [2.05, 4.69) is 33.3 Å². The highest BCUT2D eigenvalue weighted by atomic mass is 79.9. The first-order chi connectivity index (χ1) is 8.60. The Morgan fingerprint density at radius 1 is 1.61 bits per heavy atom. The van der Waals surface area contributed by atoms with Crippen LogP contribution in [0.2, 0.25) is 0 Å². The van der Waals surface area contributed by atoms with Crippen molar-refractivity contribution in [3.63, 3.8) is 0 Å². The zero-order valence-corrected chi connectivity index (χ0v) is 12.5. The average Bonchev–Trinajstić information content (AvgIpc) is 2.68. The predicted molar refractivity (Wildman–Crippen MR) is 72.6 cm³/mol. The number of nitrogens with one attached hydrogen (secondary N) is 1. The minimum absolute atomic E-state index is 0.0110. The van der Waals surface area contributed by atoms with Gasteiger partial charge in [0.25, 0.3) is 0 Å². The van der Waals surface area contributed by atoms with Crippen LogP contribution in [-0.4, -0.2) is 28.9 Å². The number of hydrogen-bond acceptors (Lipinski definition) is 4. The summed E-state index contributed by atoms with van der Waals surface area (Å²) >= 11 is 3.55. The molecule has 0 aliphatic carbocycles. The van der Waals surface area contributed by atoms with Gasteiger partial charge in [-0.2, -0.15) is 5.10 Å². The number of carbonyl (C=O) groups excluding carboxylic acids is 1. The van der Waals surface area contributed by atoms with E-state index in [-0.39, 0.29) is 17.9 Å². The first kappa shape index (κ1) is 13.4. The van der Waals surface area contributed by atoms with Gasteiger partial charge in [0.2, 0.25) is 0 Å². The molecule has 0 spiro atoms. The lowest BCUT2D eigenvalue weighted by molar-refractivity contribution is -0.149. The van der Waals surface area contributed by atoms with E-state index in [9.17, 15) is 4.79 Å². The van der Waals surface area contributed by atoms with Crippen LogP contribution in [0.25, 0.3) is 0 Å². The number of ether oxygens (including phenoxy) is 1. The molecule has 1 aromatic heterocycles. The third-order valence-electron chi connectivity index (χ3n) is 3.30. The molecule has 0 saturated carbocycles. The Labute approximate surface area is 115 Å². The first-order valence-corrected chi connectivity index (χ1v) is 7.06. The molecule has 0 fully saturated rings. The van der Waals surface area contributed by atoms with Gasteiger partial charge in [-0.1, -0.05) is 6.92 Å². The highest BCUT2D eigenvalue weighted by Crippen LogP contribution is 2.35. The average molecular weight is 316 g/mol. The zero-order valence-electron chi connectivity index (χ0n) is 10.9. The standard InChI is InChI=1S/C12H18BrN3O2/c1-4-9-10(13)11-14-6-8(12(17)18-5-2)7(3)16(11)15-9/h7-8,14H,4-6H2,1-3H3. The lowest BCUT2D eigenvalue weighted by atomic mass is 10.00. The maximum atomic E-state index is 11.9. The summed E-state index contributed by atoms with van der Waals surface area (Å²) in [6.07, 6.45) is 0.860. The molecule has 6 heteroatoms. The number of halogens is 1. The van der Waals surface area contributed by atoms with E-state index >= 15 is 0 Å². The van der Waals surface area contributed by atoms with Gasteiger partial charge < -0.3 is 10.1 Å². The summed E-state index contributed by atoms with van der Waals surface area (Å²) in [6.45, 7) is 6.90. The molecule has 2 atom stereocenters. The number of rotatable bonds is 3. The number of fused-ring (bicyclic) bond motifs is 1. The van der Waals surface area contributed by atoms with E-state index in [4.69, 9.17) is 4.74 Å². The van der Waals surface area contributed by atoms with Gasteiger partial charge >= 0.3 is 5.97 Å². The monoisotopic (exact) mass is 315 g/mol. The Hall–Kier alpha value is -1.04. The third kappa shape index (κ3) is 2.13. The van der Waals surface area contributed by atoms with Crippen molar-refractivity contribution in [3.8, 4) is 0 Å². The molecule has 0 saturated heterocycles. The van der Waals surface area contributed by atoms with Gasteiger partial charge in [-0.3, -0.25) is 4.79 Å². The second-order valence-corrected chi connectivity index (χ2v) is 5.18. The van der Waals surface area contributed by atoms with Crippen LogP contribution in [0.1, 0.15) is 32.5 Å². The van der Waals surface area contributed by atoms with E-state index in [0.29, 0.717) is 13.2 Å². The fourth-order valence-corrected chi connectivity index (χ4v) is 2.90. The van der Waals surface area contributed by atoms with Gasteiger partial charge in [-0.15, -0.1) is 0 Å². The Morgan fingerprint density at radius 2 is 2.33 bits per heavy atom. The number of hydrogen-bond donors (Lipinski definition) is 1. The number of carbonyl (C=O) groups is 1. The summed E-state index contributed by atoms with van der Waals surface area (Å²) in [7, 11) is 0. The van der Waals surface area contributed by atoms with Gasteiger partial charge in [0.15, 0.2) is 0 Å². The van der Waals surface area contributed by atoms with E-state index < -0.39 is 0 Å². The molecule has 100 valence electrons. The number of esters is 1. The van der Waals surface area contributed by atoms with Crippen LogP contribution in [0.15, 0.2) is 4.47 Å². The third-order valence-corrected chi connectivity index (χ3v) is 4.13. The molecule has 2 unspecified atom stereocenters. The van der Waals surface area contributed by atoms with Crippen molar-refractivity contribution in [1.82, 2.24) is 9.78 Å². The lowest BCUT2D eigenvalue weighted by Gasteiger charge is -2.29. The molecule has 1 aromatic rings. The number of aromatic nitrogens is 2. The topological polar surface area (TPSA) is 56.1 Å². The molecule has 1 aliphatic heterocycles. The molecule has 0 aromatic carbocycles. The van der Waals surface area contributed by atoms with Crippen LogP contribution in [0.4, 0.5) is 5.82 Å².